The molecule has 12 heteroatoms. The first kappa shape index (κ1) is 34.3. The predicted molar refractivity (Wildman–Crippen MR) is 173 cm³/mol. The average Bonchev–Trinajstić information content (AvgIpc) is 3.54. The number of ether oxygens (including phenoxy) is 1. The van der Waals surface area contributed by atoms with E-state index in [9.17, 15) is 4.79 Å². The van der Waals surface area contributed by atoms with E-state index in [1.54, 1.807) is 28.9 Å². The standard InChI is InChI=1S/C31H37ClFN7O2.CH5N/c1-20(17-21(2)34)29-35-28(36-40(29)26-9-7-8-10-27(26)42-6)19-39-22(3)38(18-24(15-16-41)31(4,5)33)30(37-39)23-11-13-25(32)14-12-23;1-2/h7-14,16,20,24H,2-3,15,17-19,34H2,1,4-6H3;2H2,1H3. The first-order valence-corrected chi connectivity index (χ1v) is 14.6. The molecule has 0 amide bonds. The molecule has 0 aliphatic carbocycles. The average molecular weight is 625 g/mol. The van der Waals surface area contributed by atoms with Gasteiger partial charge in [-0.25, -0.2) is 19.1 Å². The van der Waals surface area contributed by atoms with Crippen LogP contribution < -0.4 is 16.2 Å². The molecule has 0 saturated heterocycles. The molecule has 4 rings (SSSR count). The van der Waals surface area contributed by atoms with E-state index in [1.165, 1.54) is 20.9 Å². The number of benzene rings is 2. The maximum atomic E-state index is 15.1. The van der Waals surface area contributed by atoms with Crippen molar-refractivity contribution in [1.29, 1.82) is 0 Å². The molecule has 0 spiro atoms. The summed E-state index contributed by atoms with van der Waals surface area (Å²) in [5.41, 5.74) is 10.9. The second kappa shape index (κ2) is 15.0. The number of carbonyl (C=O) groups is 1. The topological polar surface area (TPSA) is 128 Å². The first-order chi connectivity index (χ1) is 20.9. The fraction of sp³-hybridized carbons (Fsp3) is 0.375. The van der Waals surface area contributed by atoms with Crippen molar-refractivity contribution in [2.45, 2.75) is 51.7 Å². The number of nitrogens with zero attached hydrogens (tertiary/aromatic N) is 6. The van der Waals surface area contributed by atoms with Gasteiger partial charge in [0, 0.05) is 41.1 Å². The third-order valence-corrected chi connectivity index (χ3v) is 7.48. The van der Waals surface area contributed by atoms with Crippen LogP contribution in [0.2, 0.25) is 5.02 Å². The Bertz CT molecular complexity index is 1480. The minimum Gasteiger partial charge on any atom is -0.494 e. The van der Waals surface area contributed by atoms with Gasteiger partial charge in [-0.1, -0.05) is 43.8 Å². The summed E-state index contributed by atoms with van der Waals surface area (Å²) < 4.78 is 22.5. The smallest absolute Gasteiger partial charge is 0.172 e. The minimum absolute atomic E-state index is 0.0553. The number of halogens is 2. The molecule has 0 bridgehead atoms. The Morgan fingerprint density at radius 2 is 1.84 bits per heavy atom. The Balaban J connectivity index is 0.00000259. The molecule has 0 radical (unpaired) electrons. The van der Waals surface area contributed by atoms with Crippen LogP contribution in [0.15, 0.2) is 78.3 Å². The summed E-state index contributed by atoms with van der Waals surface area (Å²) in [5, 5.41) is 12.0. The molecular weight excluding hydrogens is 583 g/mol. The fourth-order valence-electron chi connectivity index (χ4n) is 4.88. The summed E-state index contributed by atoms with van der Waals surface area (Å²) in [6.45, 7) is 13.5. The van der Waals surface area contributed by atoms with Crippen molar-refractivity contribution in [2.75, 3.05) is 20.7 Å². The van der Waals surface area contributed by atoms with Crippen molar-refractivity contribution in [3.8, 4) is 11.4 Å². The SMILES string of the molecule is C=C(N)CC(C)c1nc(CN2N=C(c3ccc(Cl)cc3)N(CC(CC=O)C(C)(C)F)C2=C)nn1-c1ccccc1OC.CN. The van der Waals surface area contributed by atoms with Crippen LogP contribution in [0, 0.1) is 5.92 Å². The van der Waals surface area contributed by atoms with E-state index >= 15 is 4.39 Å². The normalized spacial score (nSPS) is 14.5. The van der Waals surface area contributed by atoms with Crippen molar-refractivity contribution < 1.29 is 13.9 Å². The number of aromatic nitrogens is 3. The molecule has 2 atom stereocenters. The number of methoxy groups -OCH3 is 1. The largest absolute Gasteiger partial charge is 0.494 e. The Kier molecular flexibility index (Phi) is 11.7. The fourth-order valence-corrected chi connectivity index (χ4v) is 5.01. The maximum Gasteiger partial charge on any atom is 0.172 e. The number of hydrazone groups is 1. The van der Waals surface area contributed by atoms with E-state index in [4.69, 9.17) is 37.3 Å². The summed E-state index contributed by atoms with van der Waals surface area (Å²) >= 11 is 6.14. The molecule has 0 fully saturated rings. The molecule has 0 saturated carbocycles. The second-order valence-corrected chi connectivity index (χ2v) is 11.3. The van der Waals surface area contributed by atoms with E-state index in [0.29, 0.717) is 46.2 Å². The number of allylic oxidation sites excluding steroid dienone is 1. The van der Waals surface area contributed by atoms with Gasteiger partial charge >= 0.3 is 0 Å². The zero-order chi connectivity index (χ0) is 32.6. The number of carbonyl (C=O) groups excluding carboxylic acids is 1. The van der Waals surface area contributed by atoms with Gasteiger partial charge in [-0.3, -0.25) is 0 Å². The van der Waals surface area contributed by atoms with Gasteiger partial charge in [0.15, 0.2) is 11.7 Å². The summed E-state index contributed by atoms with van der Waals surface area (Å²) in [7, 11) is 3.11. The number of nitrogens with two attached hydrogens (primary N) is 2. The van der Waals surface area contributed by atoms with E-state index in [0.717, 1.165) is 17.5 Å². The number of hydrogen-bond donors (Lipinski definition) is 2. The lowest BCUT2D eigenvalue weighted by Crippen LogP contribution is -2.40. The molecule has 2 unspecified atom stereocenters. The van der Waals surface area contributed by atoms with Crippen molar-refractivity contribution in [3.63, 3.8) is 0 Å². The summed E-state index contributed by atoms with van der Waals surface area (Å²) in [6, 6.07) is 14.8. The van der Waals surface area contributed by atoms with Crippen LogP contribution >= 0.6 is 11.6 Å². The Labute approximate surface area is 263 Å². The van der Waals surface area contributed by atoms with Crippen LogP contribution in [-0.4, -0.2) is 63.2 Å². The highest BCUT2D eigenvalue weighted by atomic mass is 35.5. The van der Waals surface area contributed by atoms with Gasteiger partial charge < -0.3 is 25.9 Å². The van der Waals surface area contributed by atoms with E-state index < -0.39 is 11.6 Å². The summed E-state index contributed by atoms with van der Waals surface area (Å²) in [4.78, 5) is 18.1. The number of alkyl halides is 1. The number of amidine groups is 1. The van der Waals surface area contributed by atoms with Crippen LogP contribution in [0.25, 0.3) is 5.69 Å². The second-order valence-electron chi connectivity index (χ2n) is 10.9. The molecular formula is C32H42ClFN8O2. The predicted octanol–water partition coefficient (Wildman–Crippen LogP) is 5.37. The van der Waals surface area contributed by atoms with Crippen LogP contribution in [-0.2, 0) is 11.3 Å². The highest BCUT2D eigenvalue weighted by molar-refractivity contribution is 6.30. The van der Waals surface area contributed by atoms with Crippen molar-refractivity contribution >= 4 is 23.7 Å². The van der Waals surface area contributed by atoms with Crippen molar-refractivity contribution in [3.05, 3.63) is 95.4 Å². The maximum absolute atomic E-state index is 15.1. The van der Waals surface area contributed by atoms with Gasteiger partial charge in [-0.15, -0.1) is 5.10 Å². The zero-order valence-corrected chi connectivity index (χ0v) is 26.8. The third kappa shape index (κ3) is 8.03. The highest BCUT2D eigenvalue weighted by Gasteiger charge is 2.37. The number of hydrogen-bond acceptors (Lipinski definition) is 9. The Morgan fingerprint density at radius 1 is 1.18 bits per heavy atom. The lowest BCUT2D eigenvalue weighted by Gasteiger charge is -2.32. The summed E-state index contributed by atoms with van der Waals surface area (Å²) in [6.07, 6.45) is 1.32. The monoisotopic (exact) mass is 624 g/mol. The van der Waals surface area contributed by atoms with Gasteiger partial charge in [-0.2, -0.15) is 5.10 Å². The molecule has 236 valence electrons. The molecule has 1 aliphatic rings. The van der Waals surface area contributed by atoms with Crippen LogP contribution in [0.5, 0.6) is 5.75 Å². The molecule has 2 aromatic carbocycles. The lowest BCUT2D eigenvalue weighted by molar-refractivity contribution is -0.109. The van der Waals surface area contributed by atoms with Gasteiger partial charge in [0.05, 0.1) is 7.11 Å². The van der Waals surface area contributed by atoms with Crippen LogP contribution in [0.4, 0.5) is 4.39 Å². The van der Waals surface area contributed by atoms with Crippen LogP contribution in [0.3, 0.4) is 0 Å². The van der Waals surface area contributed by atoms with Gasteiger partial charge in [0.1, 0.15) is 41.6 Å². The molecule has 1 aliphatic heterocycles. The Morgan fingerprint density at radius 3 is 2.43 bits per heavy atom. The molecule has 10 nitrogen and oxygen atoms in total. The third-order valence-electron chi connectivity index (χ3n) is 7.23. The van der Waals surface area contributed by atoms with Crippen LogP contribution in [0.1, 0.15) is 56.7 Å². The van der Waals surface area contributed by atoms with Gasteiger partial charge in [0.25, 0.3) is 0 Å². The lowest BCUT2D eigenvalue weighted by atomic mass is 9.89. The molecule has 2 heterocycles. The number of rotatable bonds is 13. The number of para-hydroxylation sites is 2. The molecule has 3 aromatic rings. The van der Waals surface area contributed by atoms with Crippen molar-refractivity contribution in [1.82, 2.24) is 24.7 Å². The van der Waals surface area contributed by atoms with E-state index in [1.807, 2.05) is 48.2 Å². The summed E-state index contributed by atoms with van der Waals surface area (Å²) in [5.74, 6) is 2.22. The van der Waals surface area contributed by atoms with Gasteiger partial charge in [0.2, 0.25) is 0 Å². The molecule has 4 N–H and O–H groups in total. The zero-order valence-electron chi connectivity index (χ0n) is 26.0. The number of aldehydes is 1. The minimum atomic E-state index is -1.60. The van der Waals surface area contributed by atoms with E-state index in [-0.39, 0.29) is 25.4 Å². The highest BCUT2D eigenvalue weighted by Crippen LogP contribution is 2.32. The Hall–Kier alpha value is -4.22. The van der Waals surface area contributed by atoms with E-state index in [2.05, 4.69) is 18.9 Å². The van der Waals surface area contributed by atoms with Crippen molar-refractivity contribution in [2.24, 2.45) is 22.5 Å². The molecule has 1 aromatic heterocycles. The molecule has 44 heavy (non-hydrogen) atoms. The quantitative estimate of drug-likeness (QED) is 0.243. The van der Waals surface area contributed by atoms with Gasteiger partial charge in [-0.05, 0) is 63.7 Å². The first-order valence-electron chi connectivity index (χ1n) is 14.2.